The zero-order valence-electron chi connectivity index (χ0n) is 24.0. The van der Waals surface area contributed by atoms with Gasteiger partial charge in [0, 0.05) is 66.5 Å². The van der Waals surface area contributed by atoms with Gasteiger partial charge in [-0.3, -0.25) is 0 Å². The van der Waals surface area contributed by atoms with Crippen molar-refractivity contribution >= 4 is 53.3 Å². The minimum absolute atomic E-state index is 0. The van der Waals surface area contributed by atoms with E-state index in [2.05, 4.69) is 52.4 Å². The summed E-state index contributed by atoms with van der Waals surface area (Å²) in [5, 5.41) is 4.74. The molecule has 1 N–H and O–H groups in total. The number of halogens is 1. The standard InChI is InChI=1S/C9H20N2O2S2.C8H18N2S.2C2H6.CH3ClO2S.CH4/c1-10-7-9(14-3)5-8(10)6-11(2)15(4,12)13;1-9-5-7-4-8(11-3)6-10(7)2;2*1-2;1-5(2,3)4;/h8-9H,5-7H2,1-4H3;7-9H,4-6H2,1-3H3;2*1-2H3;1H3;1H4. The van der Waals surface area contributed by atoms with Gasteiger partial charge in [-0.05, 0) is 46.5 Å². The van der Waals surface area contributed by atoms with Crippen LogP contribution in [0.15, 0.2) is 0 Å². The van der Waals surface area contributed by atoms with Crippen molar-refractivity contribution in [2.45, 2.75) is 70.5 Å². The second-order valence-corrected chi connectivity index (χ2v) is 15.6. The average Bonchev–Trinajstić information content (AvgIpc) is 3.31. The Bertz CT molecular complexity index is 707. The molecule has 0 saturated carbocycles. The maximum atomic E-state index is 11.3. The number of sulfonamides is 1. The highest BCUT2D eigenvalue weighted by Gasteiger charge is 2.31. The molecule has 0 aliphatic carbocycles. The van der Waals surface area contributed by atoms with E-state index in [-0.39, 0.29) is 7.43 Å². The maximum absolute atomic E-state index is 11.3. The van der Waals surface area contributed by atoms with Crippen molar-refractivity contribution in [2.75, 3.05) is 79.4 Å². The fourth-order valence-electron chi connectivity index (χ4n) is 3.52. The Balaban J connectivity index is -0.000000215. The first-order chi connectivity index (χ1) is 16.1. The molecule has 0 amide bonds. The first-order valence-electron chi connectivity index (χ1n) is 12.0. The Hall–Kier alpha value is 0.730. The van der Waals surface area contributed by atoms with Crippen molar-refractivity contribution in [3.05, 3.63) is 0 Å². The normalized spacial score (nSPS) is 24.1. The van der Waals surface area contributed by atoms with Gasteiger partial charge in [0.05, 0.1) is 12.5 Å². The summed E-state index contributed by atoms with van der Waals surface area (Å²) in [6.45, 7) is 12.1. The summed E-state index contributed by atoms with van der Waals surface area (Å²) in [5.41, 5.74) is 0. The molecule has 0 aromatic rings. The highest BCUT2D eigenvalue weighted by Crippen LogP contribution is 2.25. The van der Waals surface area contributed by atoms with E-state index in [1.54, 1.807) is 7.05 Å². The highest BCUT2D eigenvalue weighted by atomic mass is 35.7. The Morgan fingerprint density at radius 3 is 1.50 bits per heavy atom. The summed E-state index contributed by atoms with van der Waals surface area (Å²) in [5.74, 6) is 0. The largest absolute Gasteiger partial charge is 0.318 e. The zero-order valence-corrected chi connectivity index (χ0v) is 28.1. The summed E-state index contributed by atoms with van der Waals surface area (Å²) in [6, 6.07) is 1.12. The third-order valence-corrected chi connectivity index (χ3v) is 8.74. The van der Waals surface area contributed by atoms with Crippen molar-refractivity contribution in [3.8, 4) is 0 Å². The Kier molecular flexibility index (Phi) is 28.7. The maximum Gasteiger partial charge on any atom is 0.229 e. The lowest BCUT2D eigenvalue weighted by molar-refractivity contribution is 0.271. The number of hydrogen-bond donors (Lipinski definition) is 1. The van der Waals surface area contributed by atoms with E-state index < -0.39 is 19.1 Å². The van der Waals surface area contributed by atoms with Crippen molar-refractivity contribution < 1.29 is 16.8 Å². The van der Waals surface area contributed by atoms with Gasteiger partial charge in [-0.15, -0.1) is 0 Å². The van der Waals surface area contributed by atoms with E-state index in [1.807, 2.05) is 58.3 Å². The summed E-state index contributed by atoms with van der Waals surface area (Å²) in [6.07, 6.45) is 8.93. The first-order valence-corrected chi connectivity index (χ1v) is 19.2. The van der Waals surface area contributed by atoms with Gasteiger partial charge in [0.2, 0.25) is 19.1 Å². The molecule has 13 heteroatoms. The van der Waals surface area contributed by atoms with Crippen LogP contribution in [0.25, 0.3) is 0 Å². The number of thioether (sulfide) groups is 2. The number of likely N-dealkylation sites (N-methyl/N-ethyl adjacent to an activating group) is 4. The Morgan fingerprint density at radius 2 is 1.22 bits per heavy atom. The van der Waals surface area contributed by atoms with Crippen LogP contribution < -0.4 is 5.32 Å². The number of likely N-dealkylation sites (tertiary alicyclic amines) is 2. The van der Waals surface area contributed by atoms with Crippen LogP contribution in [0.3, 0.4) is 0 Å². The number of nitrogens with one attached hydrogen (secondary N) is 1. The number of rotatable bonds is 7. The second-order valence-electron chi connectivity index (χ2n) is 8.16. The van der Waals surface area contributed by atoms with Crippen molar-refractivity contribution in [1.82, 2.24) is 19.4 Å². The predicted octanol–water partition coefficient (Wildman–Crippen LogP) is 3.83. The molecule has 0 spiro atoms. The van der Waals surface area contributed by atoms with Crippen LogP contribution in [-0.2, 0) is 19.1 Å². The van der Waals surface area contributed by atoms with Gasteiger partial charge in [0.15, 0.2) is 0 Å². The second kappa shape index (κ2) is 23.6. The van der Waals surface area contributed by atoms with Gasteiger partial charge in [-0.1, -0.05) is 35.1 Å². The van der Waals surface area contributed by atoms with E-state index in [0.717, 1.165) is 37.1 Å². The molecule has 2 fully saturated rings. The van der Waals surface area contributed by atoms with E-state index in [4.69, 9.17) is 0 Å². The summed E-state index contributed by atoms with van der Waals surface area (Å²) in [4.78, 5) is 4.71. The average molecular weight is 617 g/mol. The molecule has 0 aromatic carbocycles. The van der Waals surface area contributed by atoms with Gasteiger partial charge < -0.3 is 15.1 Å². The first kappa shape index (κ1) is 43.8. The molecule has 2 aliphatic rings. The lowest BCUT2D eigenvalue weighted by Gasteiger charge is -2.23. The molecular formula is C23H57ClN4O4S4. The van der Waals surface area contributed by atoms with E-state index in [1.165, 1.54) is 23.5 Å². The van der Waals surface area contributed by atoms with E-state index in [0.29, 0.717) is 17.8 Å². The molecule has 4 unspecified atom stereocenters. The van der Waals surface area contributed by atoms with E-state index >= 15 is 0 Å². The molecule has 224 valence electrons. The fourth-order valence-corrected chi connectivity index (χ4v) is 5.56. The Labute approximate surface area is 238 Å². The fraction of sp³-hybridized carbons (Fsp3) is 1.00. The van der Waals surface area contributed by atoms with Gasteiger partial charge in [0.1, 0.15) is 0 Å². The third kappa shape index (κ3) is 22.7. The predicted molar refractivity (Wildman–Crippen MR) is 168 cm³/mol. The summed E-state index contributed by atoms with van der Waals surface area (Å²) < 4.78 is 42.8. The smallest absolute Gasteiger partial charge is 0.229 e. The quantitative estimate of drug-likeness (QED) is 0.429. The third-order valence-electron chi connectivity index (χ3n) is 5.44. The van der Waals surface area contributed by atoms with Gasteiger partial charge in [0.25, 0.3) is 0 Å². The number of nitrogens with zero attached hydrogens (tertiary/aromatic N) is 3. The summed E-state index contributed by atoms with van der Waals surface area (Å²) >= 11 is 3.86. The topological polar surface area (TPSA) is 90.0 Å². The van der Waals surface area contributed by atoms with Crippen LogP contribution in [0.4, 0.5) is 0 Å². The van der Waals surface area contributed by atoms with Crippen LogP contribution in [0.2, 0.25) is 0 Å². The number of hydrogen-bond acceptors (Lipinski definition) is 9. The molecule has 0 aromatic heterocycles. The van der Waals surface area contributed by atoms with Crippen LogP contribution in [0.5, 0.6) is 0 Å². The van der Waals surface area contributed by atoms with Gasteiger partial charge in [-0.25, -0.2) is 21.1 Å². The zero-order chi connectivity index (χ0) is 28.4. The molecule has 2 saturated heterocycles. The van der Waals surface area contributed by atoms with Crippen LogP contribution in [-0.4, -0.2) is 133 Å². The SMILES string of the molecule is C.CC.CC.CNCC1CC(SC)CN1C.CS(=O)(=O)Cl.CSC1CC(CN(C)S(C)(=O)=O)N(C)C1. The minimum atomic E-state index is -3.19. The molecule has 8 nitrogen and oxygen atoms in total. The highest BCUT2D eigenvalue weighted by molar-refractivity contribution is 8.13. The van der Waals surface area contributed by atoms with Crippen molar-refractivity contribution in [1.29, 1.82) is 0 Å². The lowest BCUT2D eigenvalue weighted by Crippen LogP contribution is -2.39. The minimum Gasteiger partial charge on any atom is -0.318 e. The van der Waals surface area contributed by atoms with Crippen LogP contribution in [0, 0.1) is 0 Å². The van der Waals surface area contributed by atoms with Crippen LogP contribution in [0.1, 0.15) is 48.0 Å². The van der Waals surface area contributed by atoms with E-state index in [9.17, 15) is 16.8 Å². The van der Waals surface area contributed by atoms with Crippen LogP contribution >= 0.6 is 34.2 Å². The van der Waals surface area contributed by atoms with Crippen molar-refractivity contribution in [2.24, 2.45) is 0 Å². The van der Waals surface area contributed by atoms with Crippen molar-refractivity contribution in [3.63, 3.8) is 0 Å². The molecule has 2 aliphatic heterocycles. The molecule has 2 heterocycles. The molecular weight excluding hydrogens is 560 g/mol. The molecule has 2 rings (SSSR count). The van der Waals surface area contributed by atoms with Gasteiger partial charge >= 0.3 is 0 Å². The molecule has 4 atom stereocenters. The monoisotopic (exact) mass is 616 g/mol. The molecule has 36 heavy (non-hydrogen) atoms. The van der Waals surface area contributed by atoms with Gasteiger partial charge in [-0.2, -0.15) is 23.5 Å². The Morgan fingerprint density at radius 1 is 0.889 bits per heavy atom. The molecule has 0 bridgehead atoms. The molecule has 0 radical (unpaired) electrons. The summed E-state index contributed by atoms with van der Waals surface area (Å²) in [7, 11) is 6.23. The lowest BCUT2D eigenvalue weighted by atomic mass is 10.2.